The molecule has 4 heteroatoms. The molecule has 0 aliphatic carbocycles. The SMILES string of the molecule is COc1ccc(-c2nn(-c3ccccc3)cc2C=Cc2ccc3ccccc3n2)cc1. The van der Waals surface area contributed by atoms with Gasteiger partial charge in [0, 0.05) is 22.7 Å². The lowest BCUT2D eigenvalue weighted by molar-refractivity contribution is 0.415. The van der Waals surface area contributed by atoms with Crippen molar-refractivity contribution >= 4 is 23.1 Å². The van der Waals surface area contributed by atoms with Crippen LogP contribution in [0.4, 0.5) is 0 Å². The maximum absolute atomic E-state index is 5.30. The summed E-state index contributed by atoms with van der Waals surface area (Å²) in [5, 5.41) is 6.01. The fourth-order valence-corrected chi connectivity index (χ4v) is 3.55. The number of aromatic nitrogens is 3. The molecule has 0 unspecified atom stereocenters. The Bertz CT molecular complexity index is 1350. The summed E-state index contributed by atoms with van der Waals surface area (Å²) in [5.74, 6) is 0.823. The smallest absolute Gasteiger partial charge is 0.118 e. The standard InChI is InChI=1S/C27H21N3O/c1-31-25-17-13-21(14-18-25)27-22(19-30(29-27)24-8-3-2-4-9-24)12-16-23-15-11-20-7-5-6-10-26(20)28-23/h2-19H,1H3. The number of pyridine rings is 1. The van der Waals surface area contributed by atoms with Crippen LogP contribution in [0.1, 0.15) is 11.3 Å². The normalized spacial score (nSPS) is 11.3. The number of ether oxygens (including phenoxy) is 1. The Morgan fingerprint density at radius 3 is 2.35 bits per heavy atom. The number of nitrogens with zero attached hydrogens (tertiary/aromatic N) is 3. The molecule has 2 heterocycles. The third kappa shape index (κ3) is 3.96. The minimum absolute atomic E-state index is 0.823. The molecule has 0 saturated carbocycles. The van der Waals surface area contributed by atoms with Crippen LogP contribution in [0.3, 0.4) is 0 Å². The average Bonchev–Trinajstić information content (AvgIpc) is 3.27. The van der Waals surface area contributed by atoms with Gasteiger partial charge in [0.05, 0.1) is 29.7 Å². The summed E-state index contributed by atoms with van der Waals surface area (Å²) in [7, 11) is 1.67. The molecule has 0 spiro atoms. The first-order valence-corrected chi connectivity index (χ1v) is 10.1. The van der Waals surface area contributed by atoms with Gasteiger partial charge in [-0.15, -0.1) is 0 Å². The van der Waals surface area contributed by atoms with Crippen LogP contribution in [0.2, 0.25) is 0 Å². The number of methoxy groups -OCH3 is 1. The van der Waals surface area contributed by atoms with Gasteiger partial charge in [0.1, 0.15) is 5.75 Å². The van der Waals surface area contributed by atoms with E-state index in [0.717, 1.165) is 44.9 Å². The monoisotopic (exact) mass is 403 g/mol. The van der Waals surface area contributed by atoms with Crippen molar-refractivity contribution in [1.82, 2.24) is 14.8 Å². The predicted octanol–water partition coefficient (Wildman–Crippen LogP) is 6.27. The summed E-state index contributed by atoms with van der Waals surface area (Å²) in [6.07, 6.45) is 6.15. The fraction of sp³-hybridized carbons (Fsp3) is 0.0370. The number of para-hydroxylation sites is 2. The van der Waals surface area contributed by atoms with E-state index in [-0.39, 0.29) is 0 Å². The Morgan fingerprint density at radius 1 is 0.774 bits per heavy atom. The maximum Gasteiger partial charge on any atom is 0.118 e. The van der Waals surface area contributed by atoms with E-state index in [0.29, 0.717) is 0 Å². The Morgan fingerprint density at radius 2 is 1.55 bits per heavy atom. The second kappa shape index (κ2) is 8.28. The van der Waals surface area contributed by atoms with Crippen LogP contribution in [0.5, 0.6) is 5.75 Å². The van der Waals surface area contributed by atoms with Gasteiger partial charge in [-0.25, -0.2) is 9.67 Å². The molecule has 0 saturated heterocycles. The maximum atomic E-state index is 5.30. The number of benzene rings is 3. The third-order valence-corrected chi connectivity index (χ3v) is 5.18. The lowest BCUT2D eigenvalue weighted by atomic mass is 10.1. The Balaban J connectivity index is 1.56. The lowest BCUT2D eigenvalue weighted by Crippen LogP contribution is -1.94. The summed E-state index contributed by atoms with van der Waals surface area (Å²) in [4.78, 5) is 4.75. The first-order chi connectivity index (χ1) is 15.3. The van der Waals surface area contributed by atoms with Crippen LogP contribution in [0, 0.1) is 0 Å². The Labute approximate surface area is 181 Å². The van der Waals surface area contributed by atoms with Crippen LogP contribution in [-0.4, -0.2) is 21.9 Å². The van der Waals surface area contributed by atoms with Gasteiger partial charge in [-0.3, -0.25) is 0 Å². The lowest BCUT2D eigenvalue weighted by Gasteiger charge is -2.03. The highest BCUT2D eigenvalue weighted by molar-refractivity contribution is 5.82. The van der Waals surface area contributed by atoms with Crippen molar-refractivity contribution in [2.75, 3.05) is 7.11 Å². The highest BCUT2D eigenvalue weighted by Gasteiger charge is 2.11. The van der Waals surface area contributed by atoms with Crippen molar-refractivity contribution in [2.45, 2.75) is 0 Å². The Kier molecular flexibility index (Phi) is 5.03. The number of hydrogen-bond donors (Lipinski definition) is 0. The van der Waals surface area contributed by atoms with Crippen LogP contribution >= 0.6 is 0 Å². The van der Waals surface area contributed by atoms with Gasteiger partial charge in [0.25, 0.3) is 0 Å². The zero-order chi connectivity index (χ0) is 21.0. The Hall–Kier alpha value is -4.18. The number of hydrogen-bond acceptors (Lipinski definition) is 3. The van der Waals surface area contributed by atoms with Crippen molar-refractivity contribution in [2.24, 2.45) is 0 Å². The van der Waals surface area contributed by atoms with E-state index in [4.69, 9.17) is 14.8 Å². The first-order valence-electron chi connectivity index (χ1n) is 10.1. The largest absolute Gasteiger partial charge is 0.497 e. The third-order valence-electron chi connectivity index (χ3n) is 5.18. The van der Waals surface area contributed by atoms with E-state index >= 15 is 0 Å². The van der Waals surface area contributed by atoms with Crippen LogP contribution in [0.25, 0.3) is 40.0 Å². The zero-order valence-electron chi connectivity index (χ0n) is 17.1. The molecule has 0 fully saturated rings. The van der Waals surface area contributed by atoms with Gasteiger partial charge in [-0.05, 0) is 60.7 Å². The van der Waals surface area contributed by atoms with Crippen LogP contribution < -0.4 is 4.74 Å². The van der Waals surface area contributed by atoms with Crippen molar-refractivity contribution in [1.29, 1.82) is 0 Å². The average molecular weight is 403 g/mol. The highest BCUT2D eigenvalue weighted by atomic mass is 16.5. The molecule has 0 amide bonds. The van der Waals surface area contributed by atoms with Gasteiger partial charge >= 0.3 is 0 Å². The molecule has 150 valence electrons. The van der Waals surface area contributed by atoms with E-state index in [2.05, 4.69) is 18.2 Å². The van der Waals surface area contributed by atoms with E-state index in [1.165, 1.54) is 0 Å². The summed E-state index contributed by atoms with van der Waals surface area (Å²) >= 11 is 0. The predicted molar refractivity (Wildman–Crippen MR) is 126 cm³/mol. The van der Waals surface area contributed by atoms with Gasteiger partial charge in [0.2, 0.25) is 0 Å². The molecule has 0 radical (unpaired) electrons. The molecule has 31 heavy (non-hydrogen) atoms. The fourth-order valence-electron chi connectivity index (χ4n) is 3.55. The molecule has 0 bridgehead atoms. The first kappa shape index (κ1) is 18.8. The topological polar surface area (TPSA) is 39.9 Å². The molecule has 0 atom stereocenters. The van der Waals surface area contributed by atoms with E-state index in [9.17, 15) is 0 Å². The quantitative estimate of drug-likeness (QED) is 0.347. The molecule has 0 aliphatic heterocycles. The van der Waals surface area contributed by atoms with Crippen molar-refractivity contribution in [3.8, 4) is 22.7 Å². The second-order valence-corrected chi connectivity index (χ2v) is 7.20. The van der Waals surface area contributed by atoms with E-state index in [1.54, 1.807) is 7.11 Å². The minimum Gasteiger partial charge on any atom is -0.497 e. The molecule has 0 aliphatic rings. The molecule has 2 aromatic heterocycles. The van der Waals surface area contributed by atoms with Crippen LogP contribution in [-0.2, 0) is 0 Å². The van der Waals surface area contributed by atoms with Crippen molar-refractivity contribution in [3.63, 3.8) is 0 Å². The van der Waals surface area contributed by atoms with Gasteiger partial charge in [-0.2, -0.15) is 5.10 Å². The second-order valence-electron chi connectivity index (χ2n) is 7.20. The van der Waals surface area contributed by atoms with E-state index < -0.39 is 0 Å². The van der Waals surface area contributed by atoms with Gasteiger partial charge in [-0.1, -0.05) is 42.5 Å². The summed E-state index contributed by atoms with van der Waals surface area (Å²) < 4.78 is 7.21. The summed E-state index contributed by atoms with van der Waals surface area (Å²) in [6, 6.07) is 30.4. The number of fused-ring (bicyclic) bond motifs is 1. The van der Waals surface area contributed by atoms with Gasteiger partial charge < -0.3 is 4.74 Å². The zero-order valence-corrected chi connectivity index (χ0v) is 17.1. The molecule has 5 rings (SSSR count). The van der Waals surface area contributed by atoms with E-state index in [1.807, 2.05) is 95.8 Å². The van der Waals surface area contributed by atoms with Crippen LogP contribution in [0.15, 0.2) is 97.2 Å². The molecular formula is C27H21N3O. The van der Waals surface area contributed by atoms with Gasteiger partial charge in [0.15, 0.2) is 0 Å². The minimum atomic E-state index is 0.823. The molecule has 0 N–H and O–H groups in total. The highest BCUT2D eigenvalue weighted by Crippen LogP contribution is 2.27. The number of rotatable bonds is 5. The molecule has 4 nitrogen and oxygen atoms in total. The molecular weight excluding hydrogens is 382 g/mol. The van der Waals surface area contributed by atoms with Crippen molar-refractivity contribution in [3.05, 3.63) is 108 Å². The molecule has 3 aromatic carbocycles. The summed E-state index contributed by atoms with van der Waals surface area (Å²) in [5.41, 5.74) is 5.86. The summed E-state index contributed by atoms with van der Waals surface area (Å²) in [6.45, 7) is 0. The van der Waals surface area contributed by atoms with Crippen molar-refractivity contribution < 1.29 is 4.74 Å². The molecule has 5 aromatic rings.